The van der Waals surface area contributed by atoms with Crippen LogP contribution in [0.25, 0.3) is 0 Å². The first kappa shape index (κ1) is 15.4. The van der Waals surface area contributed by atoms with Crippen molar-refractivity contribution in [3.05, 3.63) is 53.6 Å². The second-order valence-electron chi connectivity index (χ2n) is 4.60. The van der Waals surface area contributed by atoms with E-state index < -0.39 is 0 Å². The third kappa shape index (κ3) is 4.25. The van der Waals surface area contributed by atoms with Crippen LogP contribution in [0.3, 0.4) is 0 Å². The molecule has 2 aromatic rings. The van der Waals surface area contributed by atoms with Gasteiger partial charge in [-0.3, -0.25) is 5.43 Å². The maximum atomic E-state index is 8.54. The van der Waals surface area contributed by atoms with Crippen molar-refractivity contribution in [2.75, 3.05) is 19.1 Å². The van der Waals surface area contributed by atoms with Crippen molar-refractivity contribution < 1.29 is 9.47 Å². The molecule has 0 bridgehead atoms. The lowest BCUT2D eigenvalue weighted by atomic mass is 10.2. The molecular weight excluding hydrogens is 278 g/mol. The van der Waals surface area contributed by atoms with Crippen LogP contribution in [0, 0.1) is 18.3 Å². The average molecular weight is 295 g/mol. The minimum atomic E-state index is -0.0152. The number of benzene rings is 2. The van der Waals surface area contributed by atoms with Gasteiger partial charge in [-0.1, -0.05) is 12.1 Å². The highest BCUT2D eigenvalue weighted by Gasteiger charge is 2.04. The van der Waals surface area contributed by atoms with Gasteiger partial charge in [0.05, 0.1) is 19.0 Å². The summed E-state index contributed by atoms with van der Waals surface area (Å²) in [4.78, 5) is 0. The van der Waals surface area contributed by atoms with Crippen LogP contribution in [0.1, 0.15) is 11.1 Å². The van der Waals surface area contributed by atoms with Crippen molar-refractivity contribution in [3.63, 3.8) is 0 Å². The second-order valence-corrected chi connectivity index (χ2v) is 4.60. The van der Waals surface area contributed by atoms with Gasteiger partial charge in [0.25, 0.3) is 0 Å². The number of methoxy groups -OCH3 is 1. The van der Waals surface area contributed by atoms with Gasteiger partial charge in [-0.2, -0.15) is 10.4 Å². The number of hydrogen-bond acceptors (Lipinski definition) is 5. The molecule has 0 aromatic heterocycles. The SMILES string of the molecule is COc1cc(/C=N\Nc2cccc(C)c2)ccc1OCC#N. The van der Waals surface area contributed by atoms with E-state index in [1.165, 1.54) is 5.56 Å². The number of anilines is 1. The van der Waals surface area contributed by atoms with Crippen LogP contribution in [-0.2, 0) is 0 Å². The molecule has 0 aliphatic rings. The predicted molar refractivity (Wildman–Crippen MR) is 86.5 cm³/mol. The Morgan fingerprint density at radius 3 is 2.82 bits per heavy atom. The number of hydrogen-bond donors (Lipinski definition) is 1. The lowest BCUT2D eigenvalue weighted by molar-refractivity contribution is 0.329. The van der Waals surface area contributed by atoms with Crippen molar-refractivity contribution >= 4 is 11.9 Å². The Balaban J connectivity index is 2.06. The Hall–Kier alpha value is -3.00. The molecular formula is C17H17N3O2. The summed E-state index contributed by atoms with van der Waals surface area (Å²) >= 11 is 0. The van der Waals surface area contributed by atoms with E-state index in [0.29, 0.717) is 11.5 Å². The van der Waals surface area contributed by atoms with Crippen molar-refractivity contribution in [2.24, 2.45) is 5.10 Å². The molecule has 2 rings (SSSR count). The first-order chi connectivity index (χ1) is 10.7. The number of nitrogens with one attached hydrogen (secondary N) is 1. The molecule has 0 spiro atoms. The molecule has 0 saturated carbocycles. The molecule has 22 heavy (non-hydrogen) atoms. The highest BCUT2D eigenvalue weighted by Crippen LogP contribution is 2.27. The van der Waals surface area contributed by atoms with Crippen LogP contribution < -0.4 is 14.9 Å². The van der Waals surface area contributed by atoms with Gasteiger partial charge < -0.3 is 9.47 Å². The van der Waals surface area contributed by atoms with Crippen LogP contribution in [0.15, 0.2) is 47.6 Å². The summed E-state index contributed by atoms with van der Waals surface area (Å²) in [6, 6.07) is 15.3. The number of nitrogens with zero attached hydrogens (tertiary/aromatic N) is 2. The largest absolute Gasteiger partial charge is 0.493 e. The molecule has 5 nitrogen and oxygen atoms in total. The van der Waals surface area contributed by atoms with Crippen LogP contribution in [0.4, 0.5) is 5.69 Å². The first-order valence-electron chi connectivity index (χ1n) is 6.76. The molecule has 0 saturated heterocycles. The molecule has 1 N–H and O–H groups in total. The van der Waals surface area contributed by atoms with E-state index in [2.05, 4.69) is 10.5 Å². The van der Waals surface area contributed by atoms with Gasteiger partial charge in [0.15, 0.2) is 18.1 Å². The Morgan fingerprint density at radius 1 is 1.23 bits per heavy atom. The number of nitriles is 1. The molecule has 112 valence electrons. The summed E-state index contributed by atoms with van der Waals surface area (Å²) in [6.45, 7) is 2.01. The first-order valence-corrected chi connectivity index (χ1v) is 6.76. The summed E-state index contributed by atoms with van der Waals surface area (Å²) in [6.07, 6.45) is 1.69. The number of ether oxygens (including phenoxy) is 2. The van der Waals surface area contributed by atoms with Crippen molar-refractivity contribution in [3.8, 4) is 17.6 Å². The molecule has 0 atom stereocenters. The van der Waals surface area contributed by atoms with Crippen molar-refractivity contribution in [1.82, 2.24) is 0 Å². The van der Waals surface area contributed by atoms with E-state index in [0.717, 1.165) is 11.3 Å². The lowest BCUT2D eigenvalue weighted by Crippen LogP contribution is -1.98. The molecule has 0 aliphatic heterocycles. The Labute approximate surface area is 129 Å². The molecule has 5 heteroatoms. The Morgan fingerprint density at radius 2 is 2.09 bits per heavy atom. The van der Waals surface area contributed by atoms with Gasteiger partial charge >= 0.3 is 0 Å². The zero-order valence-electron chi connectivity index (χ0n) is 12.5. The molecule has 0 heterocycles. The summed E-state index contributed by atoms with van der Waals surface area (Å²) in [5.41, 5.74) is 5.93. The molecule has 0 amide bonds. The fourth-order valence-electron chi connectivity index (χ4n) is 1.89. The van der Waals surface area contributed by atoms with E-state index in [1.54, 1.807) is 25.5 Å². The molecule has 2 aromatic carbocycles. The Bertz CT molecular complexity index is 705. The summed E-state index contributed by atoms with van der Waals surface area (Å²) in [5, 5.41) is 12.7. The average Bonchev–Trinajstić information content (AvgIpc) is 2.53. The van der Waals surface area contributed by atoms with Gasteiger partial charge in [0.1, 0.15) is 6.07 Å². The summed E-state index contributed by atoms with van der Waals surface area (Å²) < 4.78 is 10.5. The topological polar surface area (TPSA) is 66.6 Å². The van der Waals surface area contributed by atoms with Gasteiger partial charge in [-0.25, -0.2) is 0 Å². The molecule has 0 unspecified atom stereocenters. The zero-order chi connectivity index (χ0) is 15.8. The maximum absolute atomic E-state index is 8.54. The fraction of sp³-hybridized carbons (Fsp3) is 0.176. The van der Waals surface area contributed by atoms with E-state index in [9.17, 15) is 0 Å². The van der Waals surface area contributed by atoms with E-state index in [1.807, 2.05) is 43.3 Å². The molecule has 0 radical (unpaired) electrons. The standard InChI is InChI=1S/C17H17N3O2/c1-13-4-3-5-15(10-13)20-19-12-14-6-7-16(22-9-8-18)17(11-14)21-2/h3-7,10-12,20H,9H2,1-2H3/b19-12-. The summed E-state index contributed by atoms with van der Waals surface area (Å²) in [7, 11) is 1.56. The summed E-state index contributed by atoms with van der Waals surface area (Å²) in [5.74, 6) is 1.10. The monoisotopic (exact) mass is 295 g/mol. The number of aryl methyl sites for hydroxylation is 1. The van der Waals surface area contributed by atoms with E-state index in [-0.39, 0.29) is 6.61 Å². The molecule has 0 aliphatic carbocycles. The smallest absolute Gasteiger partial charge is 0.174 e. The van der Waals surface area contributed by atoms with Gasteiger partial charge in [0, 0.05) is 0 Å². The second kappa shape index (κ2) is 7.70. The van der Waals surface area contributed by atoms with Crippen molar-refractivity contribution in [2.45, 2.75) is 6.92 Å². The third-order valence-corrected chi connectivity index (χ3v) is 2.91. The third-order valence-electron chi connectivity index (χ3n) is 2.91. The minimum Gasteiger partial charge on any atom is -0.493 e. The number of rotatable bonds is 6. The number of hydrazone groups is 1. The maximum Gasteiger partial charge on any atom is 0.174 e. The van der Waals surface area contributed by atoms with Gasteiger partial charge in [-0.05, 0) is 48.4 Å². The van der Waals surface area contributed by atoms with Crippen LogP contribution in [-0.4, -0.2) is 19.9 Å². The highest BCUT2D eigenvalue weighted by atomic mass is 16.5. The normalized spacial score (nSPS) is 10.2. The zero-order valence-corrected chi connectivity index (χ0v) is 12.5. The minimum absolute atomic E-state index is 0.0152. The van der Waals surface area contributed by atoms with Crippen LogP contribution in [0.2, 0.25) is 0 Å². The fourth-order valence-corrected chi connectivity index (χ4v) is 1.89. The highest BCUT2D eigenvalue weighted by molar-refractivity contribution is 5.81. The lowest BCUT2D eigenvalue weighted by Gasteiger charge is -2.08. The predicted octanol–water partition coefficient (Wildman–Crippen LogP) is 3.35. The van der Waals surface area contributed by atoms with E-state index >= 15 is 0 Å². The van der Waals surface area contributed by atoms with Crippen molar-refractivity contribution in [1.29, 1.82) is 5.26 Å². The molecule has 0 fully saturated rings. The Kier molecular flexibility index (Phi) is 5.38. The quantitative estimate of drug-likeness (QED) is 0.655. The van der Waals surface area contributed by atoms with Crippen LogP contribution in [0.5, 0.6) is 11.5 Å². The van der Waals surface area contributed by atoms with E-state index in [4.69, 9.17) is 14.7 Å². The van der Waals surface area contributed by atoms with Gasteiger partial charge in [-0.15, -0.1) is 0 Å². The van der Waals surface area contributed by atoms with Gasteiger partial charge in [0.2, 0.25) is 0 Å². The van der Waals surface area contributed by atoms with Crippen LogP contribution >= 0.6 is 0 Å².